The largest absolute Gasteiger partial charge is 0.351 e. The molecule has 0 bridgehead atoms. The summed E-state index contributed by atoms with van der Waals surface area (Å²) in [4.78, 5) is 40.2. The Kier molecular flexibility index (Phi) is 5.43. The maximum atomic E-state index is 13.3. The van der Waals surface area contributed by atoms with Gasteiger partial charge in [0, 0.05) is 24.0 Å². The summed E-state index contributed by atoms with van der Waals surface area (Å²) in [6, 6.07) is 6.30. The molecule has 0 radical (unpaired) electrons. The van der Waals surface area contributed by atoms with Gasteiger partial charge in [0.15, 0.2) is 5.78 Å². The number of carbonyl (C=O) groups excluding carboxylic acids is 3. The molecular weight excluding hydrogens is 404 g/mol. The van der Waals surface area contributed by atoms with Crippen molar-refractivity contribution in [3.8, 4) is 0 Å². The molecule has 0 spiro atoms. The highest BCUT2D eigenvalue weighted by molar-refractivity contribution is 6.05. The van der Waals surface area contributed by atoms with Crippen molar-refractivity contribution in [2.24, 2.45) is 23.5 Å². The summed E-state index contributed by atoms with van der Waals surface area (Å²) in [6.45, 7) is 2.24. The fourth-order valence-corrected chi connectivity index (χ4v) is 6.06. The summed E-state index contributed by atoms with van der Waals surface area (Å²) in [5.74, 6) is 1.85. The van der Waals surface area contributed by atoms with E-state index in [1.165, 1.54) is 23.8 Å². The van der Waals surface area contributed by atoms with Gasteiger partial charge in [0.05, 0.1) is 17.2 Å². The number of ketones is 1. The monoisotopic (exact) mass is 436 g/mol. The van der Waals surface area contributed by atoms with Gasteiger partial charge in [-0.15, -0.1) is 0 Å². The van der Waals surface area contributed by atoms with Crippen molar-refractivity contribution in [2.45, 2.75) is 70.4 Å². The lowest BCUT2D eigenvalue weighted by Crippen LogP contribution is -2.45. The van der Waals surface area contributed by atoms with E-state index >= 15 is 0 Å². The molecule has 2 heterocycles. The Hall–Kier alpha value is -2.83. The Balaban J connectivity index is 1.32. The number of nitrogens with zero attached hydrogens (tertiary/aromatic N) is 2. The lowest BCUT2D eigenvalue weighted by Gasteiger charge is -2.31. The smallest absolute Gasteiger partial charge is 0.323 e. The first-order valence-electron chi connectivity index (χ1n) is 12.0. The minimum Gasteiger partial charge on any atom is -0.351 e. The molecule has 1 saturated heterocycles. The number of nitrogens with two attached hydrogens (primary N) is 1. The lowest BCUT2D eigenvalue weighted by atomic mass is 9.77. The Morgan fingerprint density at radius 3 is 2.66 bits per heavy atom. The van der Waals surface area contributed by atoms with E-state index in [9.17, 15) is 14.4 Å². The molecule has 5 atom stereocenters. The van der Waals surface area contributed by atoms with Crippen LogP contribution in [0.1, 0.15) is 58.3 Å². The van der Waals surface area contributed by atoms with Crippen LogP contribution in [0.25, 0.3) is 10.9 Å². The molecule has 3 N–H and O–H groups in total. The van der Waals surface area contributed by atoms with E-state index < -0.39 is 6.03 Å². The number of rotatable bonds is 5. The number of fused-ring (bicyclic) bond motifs is 2. The molecule has 2 aliphatic carbocycles. The summed E-state index contributed by atoms with van der Waals surface area (Å²) in [5, 5.41) is 3.72. The first kappa shape index (κ1) is 21.0. The molecule has 2 aromatic rings. The normalized spacial score (nSPS) is 29.0. The molecule has 7 nitrogen and oxygen atoms in total. The van der Waals surface area contributed by atoms with Crippen LogP contribution in [0.2, 0.25) is 0 Å². The predicted molar refractivity (Wildman–Crippen MR) is 123 cm³/mol. The third-order valence-corrected chi connectivity index (χ3v) is 7.86. The van der Waals surface area contributed by atoms with Gasteiger partial charge < -0.3 is 16.0 Å². The summed E-state index contributed by atoms with van der Waals surface area (Å²) >= 11 is 0. The molecule has 3 fully saturated rings. The molecule has 1 aromatic carbocycles. The number of amides is 3. The van der Waals surface area contributed by atoms with Crippen LogP contribution in [-0.4, -0.2) is 39.4 Å². The van der Waals surface area contributed by atoms with Crippen LogP contribution in [0.5, 0.6) is 0 Å². The van der Waals surface area contributed by atoms with Crippen molar-refractivity contribution in [3.05, 3.63) is 30.5 Å². The minimum atomic E-state index is -0.601. The molecule has 3 amide bonds. The molecule has 170 valence electrons. The average Bonchev–Trinajstić information content (AvgIpc) is 3.29. The van der Waals surface area contributed by atoms with E-state index in [1.807, 2.05) is 18.2 Å². The number of likely N-dealkylation sites (tertiary alicyclic amines) is 1. The number of aromatic nitrogens is 1. The van der Waals surface area contributed by atoms with Crippen molar-refractivity contribution in [1.29, 1.82) is 0 Å². The van der Waals surface area contributed by atoms with Gasteiger partial charge in [-0.05, 0) is 43.1 Å². The Morgan fingerprint density at radius 1 is 1.09 bits per heavy atom. The molecule has 2 saturated carbocycles. The van der Waals surface area contributed by atoms with Crippen LogP contribution in [0.4, 0.5) is 15.3 Å². The Labute approximate surface area is 188 Å². The third kappa shape index (κ3) is 3.78. The van der Waals surface area contributed by atoms with Crippen molar-refractivity contribution in [1.82, 2.24) is 9.47 Å². The van der Waals surface area contributed by atoms with E-state index in [2.05, 4.69) is 12.2 Å². The number of carbonyl (C=O) groups is 3. The number of Topliss-reactive ketones (excluding diaryl/α,β-unsaturated/α-hetero) is 1. The van der Waals surface area contributed by atoms with Crippen LogP contribution < -0.4 is 11.1 Å². The van der Waals surface area contributed by atoms with Gasteiger partial charge in [-0.25, -0.2) is 9.59 Å². The zero-order valence-corrected chi connectivity index (χ0v) is 18.6. The highest BCUT2D eigenvalue weighted by atomic mass is 16.2. The summed E-state index contributed by atoms with van der Waals surface area (Å²) < 4.78 is 1.34. The van der Waals surface area contributed by atoms with Crippen LogP contribution >= 0.6 is 0 Å². The first-order chi connectivity index (χ1) is 15.5. The van der Waals surface area contributed by atoms with Crippen LogP contribution in [0.3, 0.4) is 0 Å². The number of hydrogen-bond donors (Lipinski definition) is 2. The number of anilines is 1. The van der Waals surface area contributed by atoms with Crippen molar-refractivity contribution >= 4 is 34.4 Å². The number of urea groups is 1. The van der Waals surface area contributed by atoms with Gasteiger partial charge in [0.2, 0.25) is 0 Å². The topological polar surface area (TPSA) is 97.4 Å². The number of primary amides is 1. The molecule has 0 unspecified atom stereocenters. The van der Waals surface area contributed by atoms with Gasteiger partial charge in [0.25, 0.3) is 0 Å². The van der Waals surface area contributed by atoms with E-state index in [0.717, 1.165) is 37.0 Å². The first-order valence-corrected chi connectivity index (χ1v) is 12.0. The fraction of sp³-hybridized carbons (Fsp3) is 0.560. The second-order valence-corrected chi connectivity index (χ2v) is 9.90. The van der Waals surface area contributed by atoms with Gasteiger partial charge in [-0.3, -0.25) is 9.36 Å². The number of hydrogen-bond acceptors (Lipinski definition) is 3. The highest BCUT2D eigenvalue weighted by Gasteiger charge is 2.56. The van der Waals surface area contributed by atoms with Gasteiger partial charge in [-0.2, -0.15) is 0 Å². The molecule has 3 aliphatic rings. The molecule has 1 aromatic heterocycles. The number of benzene rings is 1. The zero-order chi connectivity index (χ0) is 22.4. The maximum absolute atomic E-state index is 13.3. The zero-order valence-electron chi connectivity index (χ0n) is 18.6. The van der Waals surface area contributed by atoms with E-state index in [0.29, 0.717) is 29.5 Å². The second kappa shape index (κ2) is 8.26. The SMILES string of the molecule is CC[C@@H]1CCC[C@H](CC(=O)[C@@H]2C[C@H]3C[C@H]3N2C(=O)Nc2cn(C(N)=O)c3ccccc23)C1. The van der Waals surface area contributed by atoms with Crippen molar-refractivity contribution in [3.63, 3.8) is 0 Å². The van der Waals surface area contributed by atoms with Crippen molar-refractivity contribution in [2.75, 3.05) is 5.32 Å². The standard InChI is InChI=1S/C25H32N4O3/c1-2-15-6-5-7-16(10-15)11-23(30)22-13-17-12-21(17)29(22)25(32)27-19-14-28(24(26)31)20-9-4-3-8-18(19)20/h3-4,8-9,14-17,21-22H,2,5-7,10-13H2,1H3,(H2,26,31)(H,27,32)/t15-,16+,17-,21-,22+/m1/s1. The summed E-state index contributed by atoms with van der Waals surface area (Å²) in [7, 11) is 0. The molecule has 5 rings (SSSR count). The van der Waals surface area contributed by atoms with Crippen LogP contribution in [-0.2, 0) is 4.79 Å². The number of para-hydroxylation sites is 1. The predicted octanol–water partition coefficient (Wildman–Crippen LogP) is 4.74. The molecule has 1 aliphatic heterocycles. The molecule has 7 heteroatoms. The van der Waals surface area contributed by atoms with Crippen molar-refractivity contribution < 1.29 is 14.4 Å². The number of nitrogens with one attached hydrogen (secondary N) is 1. The highest BCUT2D eigenvalue weighted by Crippen LogP contribution is 2.49. The van der Waals surface area contributed by atoms with Gasteiger partial charge in [-0.1, -0.05) is 50.8 Å². The minimum absolute atomic E-state index is 0.156. The quantitative estimate of drug-likeness (QED) is 0.708. The Bertz CT molecular complexity index is 1060. The Morgan fingerprint density at radius 2 is 1.88 bits per heavy atom. The average molecular weight is 437 g/mol. The van der Waals surface area contributed by atoms with Crippen LogP contribution in [0, 0.1) is 17.8 Å². The van der Waals surface area contributed by atoms with E-state index in [4.69, 9.17) is 5.73 Å². The van der Waals surface area contributed by atoms with Gasteiger partial charge in [0.1, 0.15) is 0 Å². The lowest BCUT2D eigenvalue weighted by molar-refractivity contribution is -0.124. The number of piperidine rings is 1. The molecule has 32 heavy (non-hydrogen) atoms. The second-order valence-electron chi connectivity index (χ2n) is 9.90. The molecular formula is C25H32N4O3. The van der Waals surface area contributed by atoms with Crippen LogP contribution in [0.15, 0.2) is 30.5 Å². The fourth-order valence-electron chi connectivity index (χ4n) is 6.06. The maximum Gasteiger partial charge on any atom is 0.323 e. The van der Waals surface area contributed by atoms with E-state index in [-0.39, 0.29) is 23.9 Å². The summed E-state index contributed by atoms with van der Waals surface area (Å²) in [6.07, 6.45) is 9.85. The third-order valence-electron chi connectivity index (χ3n) is 7.86. The summed E-state index contributed by atoms with van der Waals surface area (Å²) in [5.41, 5.74) is 6.69. The van der Waals surface area contributed by atoms with E-state index in [1.54, 1.807) is 17.2 Å². The van der Waals surface area contributed by atoms with Gasteiger partial charge >= 0.3 is 12.1 Å².